The average Bonchev–Trinajstić information content (AvgIpc) is 3.15. The summed E-state index contributed by atoms with van der Waals surface area (Å²) >= 11 is 5.34. The summed E-state index contributed by atoms with van der Waals surface area (Å²) in [5, 5.41) is 51.0. The molecule has 0 unspecified atom stereocenters. The number of benzene rings is 6. The average molecular weight is 1190 g/mol. The molecular formula is C62H66ClN3O19. The lowest BCUT2D eigenvalue weighted by atomic mass is 9.99. The first kappa shape index (κ1) is 69.7. The molecule has 6 atom stereocenters. The van der Waals surface area contributed by atoms with E-state index in [4.69, 9.17) is 51.6 Å². The van der Waals surface area contributed by atoms with Crippen molar-refractivity contribution in [3.63, 3.8) is 0 Å². The summed E-state index contributed by atoms with van der Waals surface area (Å²) in [6, 6.07) is 38.3. The van der Waals surface area contributed by atoms with Crippen molar-refractivity contribution in [1.29, 1.82) is 0 Å². The zero-order chi connectivity index (χ0) is 63.5. The number of hydrogen-bond donors (Lipinski definition) is 8. The highest BCUT2D eigenvalue weighted by Gasteiger charge is 2.34. The Morgan fingerprint density at radius 3 is 1.09 bits per heavy atom. The van der Waals surface area contributed by atoms with Crippen molar-refractivity contribution >= 4 is 70.4 Å². The van der Waals surface area contributed by atoms with E-state index in [0.29, 0.717) is 34.4 Å². The number of aliphatic hydroxyl groups excluding tert-OH is 2. The summed E-state index contributed by atoms with van der Waals surface area (Å²) in [6.07, 6.45) is -4.23. The predicted octanol–water partition coefficient (Wildman–Crippen LogP) is 6.29. The van der Waals surface area contributed by atoms with Gasteiger partial charge in [0.2, 0.25) is 6.10 Å². The fourth-order valence-corrected chi connectivity index (χ4v) is 8.09. The van der Waals surface area contributed by atoms with Gasteiger partial charge in [-0.15, -0.1) is 0 Å². The minimum absolute atomic E-state index is 0.125. The number of carbonyl (C=O) groups is 10. The molecule has 0 aliphatic heterocycles. The number of amides is 2. The second kappa shape index (κ2) is 34.7. The first-order chi connectivity index (χ1) is 40.1. The summed E-state index contributed by atoms with van der Waals surface area (Å²) in [5.74, 6) is -6.65. The quantitative estimate of drug-likeness (QED) is 0.0223. The van der Waals surface area contributed by atoms with Gasteiger partial charge in [-0.3, -0.25) is 33.6 Å². The van der Waals surface area contributed by atoms with Gasteiger partial charge in [0.05, 0.1) is 12.1 Å². The van der Waals surface area contributed by atoms with Gasteiger partial charge in [0.25, 0.3) is 17.1 Å². The molecule has 85 heavy (non-hydrogen) atoms. The maximum atomic E-state index is 12.9. The second-order valence-electron chi connectivity index (χ2n) is 18.7. The van der Waals surface area contributed by atoms with Crippen LogP contribution in [0, 0.1) is 20.8 Å². The molecule has 0 bridgehead atoms. The Morgan fingerprint density at radius 1 is 0.435 bits per heavy atom. The summed E-state index contributed by atoms with van der Waals surface area (Å²) in [5.41, 5.74) is 10.2. The molecule has 450 valence electrons. The van der Waals surface area contributed by atoms with Crippen molar-refractivity contribution in [3.8, 4) is 17.2 Å². The molecule has 0 saturated heterocycles. The normalized spacial score (nSPS) is 12.4. The number of esters is 4. The van der Waals surface area contributed by atoms with Crippen molar-refractivity contribution < 1.29 is 92.4 Å². The molecule has 0 aliphatic rings. The fraction of sp³-hybridized carbons (Fsp3) is 0.258. The number of ether oxygens (including phenoxy) is 4. The van der Waals surface area contributed by atoms with Gasteiger partial charge in [-0.1, -0.05) is 109 Å². The largest absolute Gasteiger partial charge is 0.479 e. The third-order valence-corrected chi connectivity index (χ3v) is 12.3. The molecule has 6 rings (SSSR count). The molecule has 22 nitrogen and oxygen atoms in total. The van der Waals surface area contributed by atoms with Crippen LogP contribution in [0.2, 0.25) is 0 Å². The number of carboxylic acids is 3. The van der Waals surface area contributed by atoms with E-state index in [9.17, 15) is 58.2 Å². The van der Waals surface area contributed by atoms with E-state index in [2.05, 4.69) is 10.6 Å². The van der Waals surface area contributed by atoms with Gasteiger partial charge >= 0.3 is 41.8 Å². The van der Waals surface area contributed by atoms with Gasteiger partial charge in [0, 0.05) is 67.1 Å². The fourth-order valence-electron chi connectivity index (χ4n) is 7.88. The van der Waals surface area contributed by atoms with Crippen LogP contribution in [0.25, 0.3) is 0 Å². The van der Waals surface area contributed by atoms with Crippen LogP contribution in [0.3, 0.4) is 0 Å². The topological polar surface area (TPSA) is 359 Å². The molecule has 0 heterocycles. The Labute approximate surface area is 494 Å². The number of rotatable bonds is 21. The number of hydrogen-bond acceptors (Lipinski definition) is 17. The highest BCUT2D eigenvalue weighted by atomic mass is 35.5. The molecule has 0 fully saturated rings. The van der Waals surface area contributed by atoms with E-state index < -0.39 is 95.3 Å². The molecule has 6 aromatic carbocycles. The number of carboxylic acid groups (broad SMARTS) is 3. The minimum Gasteiger partial charge on any atom is -0.479 e. The Morgan fingerprint density at radius 2 is 0.765 bits per heavy atom. The Balaban J connectivity index is 0.000000313. The maximum absolute atomic E-state index is 12.9. The smallest absolute Gasteiger partial charge is 0.347 e. The number of aliphatic carboxylic acids is 3. The number of carbonyl (C=O) groups excluding carboxylic acids is 7. The maximum Gasteiger partial charge on any atom is 0.347 e. The second-order valence-corrected chi connectivity index (χ2v) is 19.0. The monoisotopic (exact) mass is 1190 g/mol. The summed E-state index contributed by atoms with van der Waals surface area (Å²) in [4.78, 5) is 114. The minimum atomic E-state index is -1.77. The van der Waals surface area contributed by atoms with Crippen LogP contribution in [-0.2, 0) is 57.6 Å². The van der Waals surface area contributed by atoms with Gasteiger partial charge in [-0.2, -0.15) is 0 Å². The number of aliphatic hydroxyl groups is 2. The highest BCUT2D eigenvalue weighted by Crippen LogP contribution is 2.25. The van der Waals surface area contributed by atoms with Crippen LogP contribution in [-0.4, -0.2) is 121 Å². The number of halogens is 1. The number of nitrogens with one attached hydrogen (secondary N) is 2. The van der Waals surface area contributed by atoms with Crippen molar-refractivity contribution in [2.75, 3.05) is 0 Å². The summed E-state index contributed by atoms with van der Waals surface area (Å²) in [6.45, 7) is 9.81. The van der Waals surface area contributed by atoms with Gasteiger partial charge in [0.1, 0.15) is 17.2 Å². The predicted molar refractivity (Wildman–Crippen MR) is 309 cm³/mol. The molecule has 9 N–H and O–H groups in total. The molecule has 23 heteroatoms. The van der Waals surface area contributed by atoms with Crippen LogP contribution in [0.1, 0.15) is 92.1 Å². The lowest BCUT2D eigenvalue weighted by Crippen LogP contribution is -2.50. The third-order valence-electron chi connectivity index (χ3n) is 12.1. The van der Waals surface area contributed by atoms with Crippen LogP contribution < -0.4 is 30.6 Å². The molecule has 0 aromatic heterocycles. The van der Waals surface area contributed by atoms with Gasteiger partial charge in [0.15, 0.2) is 12.2 Å². The molecular weight excluding hydrogens is 1130 g/mol. The van der Waals surface area contributed by atoms with E-state index in [0.717, 1.165) is 23.6 Å². The summed E-state index contributed by atoms with van der Waals surface area (Å²) in [7, 11) is 0. The molecule has 6 aromatic rings. The molecule has 0 radical (unpaired) electrons. The lowest BCUT2D eigenvalue weighted by Gasteiger charge is -2.25. The van der Waals surface area contributed by atoms with Gasteiger partial charge in [-0.25, -0.2) is 14.4 Å². The van der Waals surface area contributed by atoms with Crippen molar-refractivity contribution in [3.05, 3.63) is 196 Å². The Bertz CT molecular complexity index is 3290. The molecule has 0 spiro atoms. The van der Waals surface area contributed by atoms with Crippen LogP contribution in [0.15, 0.2) is 146 Å². The van der Waals surface area contributed by atoms with Gasteiger partial charge in [-0.05, 0) is 105 Å². The van der Waals surface area contributed by atoms with E-state index in [-0.39, 0.29) is 35.5 Å². The van der Waals surface area contributed by atoms with Crippen LogP contribution in [0.5, 0.6) is 17.2 Å². The standard InChI is InChI=1S/C22H23NO7.C20H21NO6.C10H9ClO3.C10H13NO3/c1-13-17(10-7-11-19(13)29-14(2)24)21(26)23-18(12-16-8-5-4-6-9-16)20(22(27)28)30-15(3)25;1-12-15(9-6-10-17(12)27-13(2)22)19(24)21-16(18(23)20(25)26)11-14-7-4-3-5-8-14;1-6-8(10(11)13)4-3-5-9(6)14-7(2)12;11-8(9(12)10(13)14)6-7-4-2-1-3-5-7/h4-11,18,20H,12H2,1-3H3,(H,23,26)(H,27,28);3-10,16,18,23H,11H2,1-2H3,(H,21,24)(H,25,26);3-5H,1-2H3;1-5,8-9,12H,6,11H2,(H,13,14)/t18-,20-;16-,18-;;8-,9-/m00.0/s1. The van der Waals surface area contributed by atoms with Crippen LogP contribution in [0.4, 0.5) is 0 Å². The van der Waals surface area contributed by atoms with E-state index in [1.807, 2.05) is 42.5 Å². The van der Waals surface area contributed by atoms with E-state index in [1.54, 1.807) is 112 Å². The molecule has 0 saturated carbocycles. The highest BCUT2D eigenvalue weighted by molar-refractivity contribution is 6.68. The number of nitrogens with two attached hydrogens (primary N) is 1. The summed E-state index contributed by atoms with van der Waals surface area (Å²) < 4.78 is 20.0. The Kier molecular flexibility index (Phi) is 28.5. The van der Waals surface area contributed by atoms with Crippen LogP contribution >= 0.6 is 11.6 Å². The van der Waals surface area contributed by atoms with Crippen molar-refractivity contribution in [2.45, 2.75) is 104 Å². The van der Waals surface area contributed by atoms with Crippen molar-refractivity contribution in [2.24, 2.45) is 5.73 Å². The van der Waals surface area contributed by atoms with Gasteiger partial charge < -0.3 is 60.8 Å². The third kappa shape index (κ3) is 23.6. The van der Waals surface area contributed by atoms with E-state index in [1.165, 1.54) is 32.9 Å². The SMILES string of the molecule is CC(=O)Oc1cccc(C(=O)Cl)c1C.CC(=O)Oc1cccc(C(=O)N[C@@H](Cc2ccccc2)[C@H](O)C(=O)O)c1C.CC(=O)Oc1cccc(C(=O)N[C@@H](Cc2ccccc2)[C@H](OC(C)=O)C(=O)O)c1C.N[C@@H](Cc1ccccc1)[C@H](O)C(=O)O. The first-order valence-electron chi connectivity index (χ1n) is 25.9. The molecule has 0 aliphatic carbocycles. The van der Waals surface area contributed by atoms with Crippen molar-refractivity contribution in [1.82, 2.24) is 10.6 Å². The Hall–Kier alpha value is -9.61. The van der Waals surface area contributed by atoms with E-state index >= 15 is 0 Å². The lowest BCUT2D eigenvalue weighted by molar-refractivity contribution is -0.164. The molecule has 2 amide bonds. The zero-order valence-electron chi connectivity index (χ0n) is 47.3. The zero-order valence-corrected chi connectivity index (χ0v) is 48.1. The first-order valence-corrected chi connectivity index (χ1v) is 26.2.